The molecule has 158 valence electrons. The molecule has 3 N–H and O–H groups in total. The van der Waals surface area contributed by atoms with Crippen LogP contribution in [0.15, 0.2) is 4.99 Å². The molecule has 1 unspecified atom stereocenters. The molecule has 3 fully saturated rings. The van der Waals surface area contributed by atoms with Crippen molar-refractivity contribution in [3.8, 4) is 0 Å². The topological polar surface area (TPSA) is 85.8 Å². The Labute approximate surface area is 169 Å². The van der Waals surface area contributed by atoms with Gasteiger partial charge in [-0.05, 0) is 45.4 Å². The van der Waals surface area contributed by atoms with Gasteiger partial charge >= 0.3 is 0 Å². The molecule has 1 heterocycles. The summed E-state index contributed by atoms with van der Waals surface area (Å²) in [5.41, 5.74) is 0. The third-order valence-corrected chi connectivity index (χ3v) is 6.27. The maximum Gasteiger partial charge on any atom is 0.225 e. The molecule has 3 rings (SSSR count). The molecule has 0 bridgehead atoms. The lowest BCUT2D eigenvalue weighted by atomic mass is 9.85. The van der Waals surface area contributed by atoms with E-state index < -0.39 is 0 Å². The van der Waals surface area contributed by atoms with Crippen molar-refractivity contribution >= 4 is 17.8 Å². The summed E-state index contributed by atoms with van der Waals surface area (Å²) in [5, 5.41) is 9.79. The van der Waals surface area contributed by atoms with Crippen LogP contribution in [0.25, 0.3) is 0 Å². The number of carbonyl (C=O) groups is 2. The van der Waals surface area contributed by atoms with E-state index >= 15 is 0 Å². The summed E-state index contributed by atoms with van der Waals surface area (Å²) in [6.07, 6.45) is 9.61. The lowest BCUT2D eigenvalue weighted by Gasteiger charge is -2.23. The van der Waals surface area contributed by atoms with Crippen molar-refractivity contribution in [3.05, 3.63) is 0 Å². The fourth-order valence-corrected chi connectivity index (χ4v) is 4.32. The Bertz CT molecular complexity index is 555. The molecule has 7 heteroatoms. The van der Waals surface area contributed by atoms with Crippen LogP contribution in [0.2, 0.25) is 0 Å². The van der Waals surface area contributed by atoms with E-state index in [1.165, 1.54) is 19.3 Å². The number of guanidine groups is 1. The van der Waals surface area contributed by atoms with Gasteiger partial charge < -0.3 is 20.9 Å². The summed E-state index contributed by atoms with van der Waals surface area (Å²) < 4.78 is 0. The van der Waals surface area contributed by atoms with Gasteiger partial charge in [0.1, 0.15) is 0 Å². The Hall–Kier alpha value is -1.79. The van der Waals surface area contributed by atoms with Crippen LogP contribution in [-0.2, 0) is 9.59 Å². The van der Waals surface area contributed by atoms with E-state index in [2.05, 4.69) is 27.9 Å². The molecule has 2 amide bonds. The van der Waals surface area contributed by atoms with Crippen LogP contribution < -0.4 is 16.0 Å². The van der Waals surface area contributed by atoms with E-state index in [0.29, 0.717) is 19.0 Å². The molecule has 0 aromatic heterocycles. The maximum atomic E-state index is 12.6. The molecular formula is C21H37N5O2. The predicted molar refractivity (Wildman–Crippen MR) is 111 cm³/mol. The second kappa shape index (κ2) is 10.7. The highest BCUT2D eigenvalue weighted by atomic mass is 16.2. The molecule has 1 aliphatic heterocycles. The Balaban J connectivity index is 1.36. The summed E-state index contributed by atoms with van der Waals surface area (Å²) in [6.45, 7) is 5.85. The van der Waals surface area contributed by atoms with Gasteiger partial charge in [-0.25, -0.2) is 0 Å². The van der Waals surface area contributed by atoms with Crippen LogP contribution in [0.5, 0.6) is 0 Å². The SMILES string of the molecule is CCNC(=NCCCNC(=O)C1CCC1)NC1CCN(C(=O)C2CCCC2)C1. The lowest BCUT2D eigenvalue weighted by molar-refractivity contribution is -0.134. The molecule has 0 aromatic rings. The number of carbonyl (C=O) groups excluding carboxylic acids is 2. The number of aliphatic imine (C=N–C) groups is 1. The number of hydrogen-bond acceptors (Lipinski definition) is 3. The molecular weight excluding hydrogens is 354 g/mol. The molecule has 1 atom stereocenters. The van der Waals surface area contributed by atoms with E-state index in [1.807, 2.05) is 4.90 Å². The van der Waals surface area contributed by atoms with E-state index in [4.69, 9.17) is 0 Å². The van der Waals surface area contributed by atoms with Gasteiger partial charge in [0.25, 0.3) is 0 Å². The number of nitrogens with zero attached hydrogens (tertiary/aromatic N) is 2. The summed E-state index contributed by atoms with van der Waals surface area (Å²) in [7, 11) is 0. The molecule has 2 aliphatic carbocycles. The van der Waals surface area contributed by atoms with Gasteiger partial charge in [-0.15, -0.1) is 0 Å². The van der Waals surface area contributed by atoms with Gasteiger partial charge in [-0.1, -0.05) is 19.3 Å². The van der Waals surface area contributed by atoms with Gasteiger partial charge in [0.05, 0.1) is 0 Å². The zero-order valence-electron chi connectivity index (χ0n) is 17.3. The van der Waals surface area contributed by atoms with Crippen LogP contribution in [0.4, 0.5) is 0 Å². The highest BCUT2D eigenvalue weighted by Crippen LogP contribution is 2.28. The van der Waals surface area contributed by atoms with Gasteiger partial charge in [0.2, 0.25) is 11.8 Å². The van der Waals surface area contributed by atoms with E-state index in [1.54, 1.807) is 0 Å². The second-order valence-electron chi connectivity index (χ2n) is 8.43. The van der Waals surface area contributed by atoms with Crippen molar-refractivity contribution < 1.29 is 9.59 Å². The molecule has 0 spiro atoms. The zero-order chi connectivity index (χ0) is 19.8. The number of nitrogens with one attached hydrogen (secondary N) is 3. The van der Waals surface area contributed by atoms with Gasteiger partial charge in [-0.3, -0.25) is 14.6 Å². The minimum Gasteiger partial charge on any atom is -0.357 e. The molecule has 1 saturated heterocycles. The number of likely N-dealkylation sites (tertiary alicyclic amines) is 1. The normalized spacial score (nSPS) is 23.5. The highest BCUT2D eigenvalue weighted by Gasteiger charge is 2.32. The number of rotatable bonds is 8. The Kier molecular flexibility index (Phi) is 7.98. The van der Waals surface area contributed by atoms with Crippen LogP contribution >= 0.6 is 0 Å². The third kappa shape index (κ3) is 5.85. The van der Waals surface area contributed by atoms with Crippen LogP contribution in [0.1, 0.15) is 64.7 Å². The summed E-state index contributed by atoms with van der Waals surface area (Å²) in [5.74, 6) is 1.88. The van der Waals surface area contributed by atoms with Crippen molar-refractivity contribution in [1.29, 1.82) is 0 Å². The Morgan fingerprint density at radius 1 is 1.00 bits per heavy atom. The molecule has 2 saturated carbocycles. The lowest BCUT2D eigenvalue weighted by Crippen LogP contribution is -2.45. The van der Waals surface area contributed by atoms with Crippen molar-refractivity contribution in [3.63, 3.8) is 0 Å². The van der Waals surface area contributed by atoms with Crippen molar-refractivity contribution in [1.82, 2.24) is 20.9 Å². The highest BCUT2D eigenvalue weighted by molar-refractivity contribution is 5.81. The van der Waals surface area contributed by atoms with Crippen molar-refractivity contribution in [2.45, 2.75) is 70.8 Å². The van der Waals surface area contributed by atoms with Crippen molar-refractivity contribution in [2.24, 2.45) is 16.8 Å². The Morgan fingerprint density at radius 3 is 2.43 bits per heavy atom. The maximum absolute atomic E-state index is 12.6. The van der Waals surface area contributed by atoms with Gasteiger partial charge in [0, 0.05) is 50.6 Å². The molecule has 0 radical (unpaired) electrons. The predicted octanol–water partition coefficient (Wildman–Crippen LogP) is 1.64. The zero-order valence-corrected chi connectivity index (χ0v) is 17.3. The van der Waals surface area contributed by atoms with Crippen LogP contribution in [-0.4, -0.2) is 61.4 Å². The first-order chi connectivity index (χ1) is 13.7. The summed E-state index contributed by atoms with van der Waals surface area (Å²) in [6, 6.07) is 0.265. The van der Waals surface area contributed by atoms with Gasteiger partial charge in [0.15, 0.2) is 5.96 Å². The molecule has 7 nitrogen and oxygen atoms in total. The van der Waals surface area contributed by atoms with Crippen LogP contribution in [0.3, 0.4) is 0 Å². The first-order valence-corrected chi connectivity index (χ1v) is 11.3. The van der Waals surface area contributed by atoms with E-state index in [9.17, 15) is 9.59 Å². The fraction of sp³-hybridized carbons (Fsp3) is 0.857. The number of hydrogen-bond donors (Lipinski definition) is 3. The average Bonchev–Trinajstić information content (AvgIpc) is 3.31. The third-order valence-electron chi connectivity index (χ3n) is 6.27. The van der Waals surface area contributed by atoms with E-state index in [0.717, 1.165) is 64.1 Å². The standard InChI is InChI=1S/C21H37N5O2/c1-2-22-21(24-13-6-12-23-19(27)16-9-5-10-16)25-18-11-14-26(15-18)20(28)17-7-3-4-8-17/h16-18H,2-15H2,1H3,(H,23,27)(H2,22,24,25). The first-order valence-electron chi connectivity index (χ1n) is 11.3. The number of amides is 2. The molecule has 3 aliphatic rings. The van der Waals surface area contributed by atoms with Crippen LogP contribution in [0, 0.1) is 11.8 Å². The average molecular weight is 392 g/mol. The smallest absolute Gasteiger partial charge is 0.225 e. The largest absolute Gasteiger partial charge is 0.357 e. The summed E-state index contributed by atoms with van der Waals surface area (Å²) >= 11 is 0. The summed E-state index contributed by atoms with van der Waals surface area (Å²) in [4.78, 5) is 31.1. The molecule has 0 aromatic carbocycles. The Morgan fingerprint density at radius 2 is 1.75 bits per heavy atom. The van der Waals surface area contributed by atoms with Gasteiger partial charge in [-0.2, -0.15) is 0 Å². The molecule has 28 heavy (non-hydrogen) atoms. The fourth-order valence-electron chi connectivity index (χ4n) is 4.32. The minimum absolute atomic E-state index is 0.207. The quantitative estimate of drug-likeness (QED) is 0.334. The monoisotopic (exact) mass is 391 g/mol. The first kappa shape index (κ1) is 20.9. The van der Waals surface area contributed by atoms with E-state index in [-0.39, 0.29) is 23.8 Å². The van der Waals surface area contributed by atoms with Crippen molar-refractivity contribution in [2.75, 3.05) is 32.7 Å². The second-order valence-corrected chi connectivity index (χ2v) is 8.43. The minimum atomic E-state index is 0.207.